The topological polar surface area (TPSA) is 71.4 Å². The van der Waals surface area contributed by atoms with Gasteiger partial charge >= 0.3 is 0 Å². The largest absolute Gasteiger partial charge is 0.369 e. The zero-order valence-electron chi connectivity index (χ0n) is 16.6. The number of carbonyl (C=O) groups is 1. The highest BCUT2D eigenvalue weighted by atomic mass is 35.5. The van der Waals surface area contributed by atoms with Gasteiger partial charge in [-0.25, -0.2) is 0 Å². The van der Waals surface area contributed by atoms with Crippen molar-refractivity contribution >= 4 is 34.6 Å². The number of nitrogens with zero attached hydrogens (tertiary/aromatic N) is 3. The summed E-state index contributed by atoms with van der Waals surface area (Å²) in [4.78, 5) is 17.1. The minimum atomic E-state index is -0.487. The van der Waals surface area contributed by atoms with Gasteiger partial charge in [-0.2, -0.15) is 5.26 Å². The molecule has 0 atom stereocenters. The van der Waals surface area contributed by atoms with Crippen LogP contribution in [-0.4, -0.2) is 44.0 Å². The van der Waals surface area contributed by atoms with Crippen LogP contribution < -0.4 is 15.5 Å². The molecule has 1 amide bonds. The van der Waals surface area contributed by atoms with Gasteiger partial charge in [-0.05, 0) is 55.9 Å². The van der Waals surface area contributed by atoms with Crippen LogP contribution in [0.25, 0.3) is 0 Å². The van der Waals surface area contributed by atoms with Crippen molar-refractivity contribution in [3.8, 4) is 6.07 Å². The van der Waals surface area contributed by atoms with Crippen molar-refractivity contribution in [1.29, 1.82) is 5.26 Å². The van der Waals surface area contributed by atoms with Crippen LogP contribution >= 0.6 is 11.6 Å². The third-order valence-corrected chi connectivity index (χ3v) is 5.17. The van der Waals surface area contributed by atoms with Crippen LogP contribution in [0, 0.1) is 18.3 Å². The number of amides is 1. The summed E-state index contributed by atoms with van der Waals surface area (Å²) in [6.07, 6.45) is 1.42. The lowest BCUT2D eigenvalue weighted by Crippen LogP contribution is -2.44. The molecule has 0 unspecified atom stereocenters. The van der Waals surface area contributed by atoms with E-state index >= 15 is 0 Å². The Kier molecular flexibility index (Phi) is 6.76. The summed E-state index contributed by atoms with van der Waals surface area (Å²) in [6.45, 7) is 5.97. The number of carbonyl (C=O) groups excluding carboxylic acids is 1. The molecule has 2 aromatic carbocycles. The molecule has 7 heteroatoms. The monoisotopic (exact) mass is 409 g/mol. The summed E-state index contributed by atoms with van der Waals surface area (Å²) in [5, 5.41) is 15.6. The Bertz CT molecular complexity index is 941. The second-order valence-corrected chi connectivity index (χ2v) is 7.50. The first-order valence-corrected chi connectivity index (χ1v) is 9.82. The standard InChI is InChI=1S/C22H24ClN5O/c1-16-3-4-18(23)13-21(16)26-22(29)17(14-24)15-25-19-5-7-20(8-6-19)28-11-9-27(2)10-12-28/h3-8,13,15,25H,9-12H2,1-2H3,(H,26,29)/b17-15-. The molecular formula is C22H24ClN5O. The summed E-state index contributed by atoms with van der Waals surface area (Å²) in [6, 6.07) is 15.1. The van der Waals surface area contributed by atoms with Gasteiger partial charge in [-0.3, -0.25) is 4.79 Å². The molecule has 1 heterocycles. The maximum Gasteiger partial charge on any atom is 0.267 e. The third-order valence-electron chi connectivity index (χ3n) is 4.93. The fraction of sp³-hybridized carbons (Fsp3) is 0.273. The van der Waals surface area contributed by atoms with E-state index in [2.05, 4.69) is 27.5 Å². The molecule has 0 saturated carbocycles. The van der Waals surface area contributed by atoms with E-state index < -0.39 is 5.91 Å². The van der Waals surface area contributed by atoms with Gasteiger partial charge in [0.2, 0.25) is 0 Å². The van der Waals surface area contributed by atoms with Crippen molar-refractivity contribution in [3.63, 3.8) is 0 Å². The molecule has 0 bridgehead atoms. The van der Waals surface area contributed by atoms with Gasteiger partial charge < -0.3 is 20.4 Å². The number of hydrogen-bond donors (Lipinski definition) is 2. The average Bonchev–Trinajstić information content (AvgIpc) is 2.72. The van der Waals surface area contributed by atoms with Crippen LogP contribution in [0.2, 0.25) is 5.02 Å². The van der Waals surface area contributed by atoms with Gasteiger partial charge in [0.1, 0.15) is 11.6 Å². The lowest BCUT2D eigenvalue weighted by atomic mass is 10.2. The Hall–Kier alpha value is -3.01. The van der Waals surface area contributed by atoms with E-state index in [1.54, 1.807) is 12.1 Å². The highest BCUT2D eigenvalue weighted by molar-refractivity contribution is 6.31. The Morgan fingerprint density at radius 2 is 1.83 bits per heavy atom. The Morgan fingerprint density at radius 1 is 1.14 bits per heavy atom. The van der Waals surface area contributed by atoms with Crippen LogP contribution in [0.5, 0.6) is 0 Å². The molecule has 2 aromatic rings. The number of hydrogen-bond acceptors (Lipinski definition) is 5. The Labute approximate surface area is 176 Å². The van der Waals surface area contributed by atoms with Gasteiger partial charge in [0.05, 0.1) is 0 Å². The van der Waals surface area contributed by atoms with Crippen LogP contribution in [0.4, 0.5) is 17.1 Å². The van der Waals surface area contributed by atoms with E-state index in [1.165, 1.54) is 11.9 Å². The molecule has 1 fully saturated rings. The maximum absolute atomic E-state index is 12.4. The van der Waals surface area contributed by atoms with Gasteiger partial charge in [0.25, 0.3) is 5.91 Å². The molecule has 1 aliphatic heterocycles. The molecule has 3 rings (SSSR count). The van der Waals surface area contributed by atoms with Gasteiger partial charge in [0, 0.05) is 54.5 Å². The molecule has 0 aromatic heterocycles. The first-order chi connectivity index (χ1) is 14.0. The maximum atomic E-state index is 12.4. The number of likely N-dealkylation sites (N-methyl/N-ethyl adjacent to an activating group) is 1. The van der Waals surface area contributed by atoms with Crippen molar-refractivity contribution in [2.75, 3.05) is 48.8 Å². The number of nitriles is 1. The number of anilines is 3. The number of piperazine rings is 1. The van der Waals surface area contributed by atoms with Crippen molar-refractivity contribution in [2.45, 2.75) is 6.92 Å². The van der Waals surface area contributed by atoms with Crippen LogP contribution in [0.1, 0.15) is 5.56 Å². The van der Waals surface area contributed by atoms with Gasteiger partial charge in [-0.15, -0.1) is 0 Å². The lowest BCUT2D eigenvalue weighted by Gasteiger charge is -2.34. The van der Waals surface area contributed by atoms with E-state index in [0.29, 0.717) is 10.7 Å². The van der Waals surface area contributed by atoms with Gasteiger partial charge in [-0.1, -0.05) is 17.7 Å². The van der Waals surface area contributed by atoms with E-state index in [9.17, 15) is 10.1 Å². The Balaban J connectivity index is 1.63. The highest BCUT2D eigenvalue weighted by Crippen LogP contribution is 2.21. The quantitative estimate of drug-likeness (QED) is 0.579. The summed E-state index contributed by atoms with van der Waals surface area (Å²) in [5.74, 6) is -0.487. The second-order valence-electron chi connectivity index (χ2n) is 7.06. The van der Waals surface area contributed by atoms with E-state index in [0.717, 1.165) is 37.4 Å². The predicted molar refractivity (Wildman–Crippen MR) is 118 cm³/mol. The minimum Gasteiger partial charge on any atom is -0.369 e. The smallest absolute Gasteiger partial charge is 0.267 e. The molecule has 6 nitrogen and oxygen atoms in total. The summed E-state index contributed by atoms with van der Waals surface area (Å²) in [7, 11) is 2.13. The van der Waals surface area contributed by atoms with Crippen molar-refractivity contribution < 1.29 is 4.79 Å². The molecule has 0 spiro atoms. The third kappa shape index (κ3) is 5.50. The van der Waals surface area contributed by atoms with E-state index in [-0.39, 0.29) is 5.57 Å². The molecular weight excluding hydrogens is 386 g/mol. The number of halogens is 1. The minimum absolute atomic E-state index is 0.0208. The number of nitrogens with one attached hydrogen (secondary N) is 2. The molecule has 150 valence electrons. The second kappa shape index (κ2) is 9.46. The summed E-state index contributed by atoms with van der Waals surface area (Å²) >= 11 is 5.98. The SMILES string of the molecule is Cc1ccc(Cl)cc1NC(=O)/C(C#N)=C\Nc1ccc(N2CCN(C)CC2)cc1. The predicted octanol–water partition coefficient (Wildman–Crippen LogP) is 3.86. The van der Waals surface area contributed by atoms with E-state index in [1.807, 2.05) is 43.3 Å². The fourth-order valence-electron chi connectivity index (χ4n) is 3.06. The van der Waals surface area contributed by atoms with Crippen LogP contribution in [0.15, 0.2) is 54.2 Å². The molecule has 1 aliphatic rings. The lowest BCUT2D eigenvalue weighted by molar-refractivity contribution is -0.112. The average molecular weight is 410 g/mol. The first-order valence-electron chi connectivity index (χ1n) is 9.44. The first kappa shape index (κ1) is 20.7. The van der Waals surface area contributed by atoms with Gasteiger partial charge in [0.15, 0.2) is 0 Å². The van der Waals surface area contributed by atoms with E-state index in [4.69, 9.17) is 11.6 Å². The van der Waals surface area contributed by atoms with Crippen LogP contribution in [0.3, 0.4) is 0 Å². The molecule has 0 aliphatic carbocycles. The van der Waals surface area contributed by atoms with Crippen LogP contribution in [-0.2, 0) is 4.79 Å². The molecule has 1 saturated heterocycles. The number of aryl methyl sites for hydroxylation is 1. The molecule has 29 heavy (non-hydrogen) atoms. The highest BCUT2D eigenvalue weighted by Gasteiger charge is 2.14. The number of rotatable bonds is 5. The van der Waals surface area contributed by atoms with Crippen molar-refractivity contribution in [3.05, 3.63) is 64.8 Å². The summed E-state index contributed by atoms with van der Waals surface area (Å²) < 4.78 is 0. The zero-order valence-corrected chi connectivity index (χ0v) is 17.3. The molecule has 0 radical (unpaired) electrons. The molecule has 2 N–H and O–H groups in total. The number of benzene rings is 2. The summed E-state index contributed by atoms with van der Waals surface area (Å²) in [5.41, 5.74) is 3.41. The Morgan fingerprint density at radius 3 is 2.48 bits per heavy atom. The fourth-order valence-corrected chi connectivity index (χ4v) is 3.23. The zero-order chi connectivity index (χ0) is 20.8. The van der Waals surface area contributed by atoms with Crippen molar-refractivity contribution in [2.24, 2.45) is 0 Å². The van der Waals surface area contributed by atoms with Crippen molar-refractivity contribution in [1.82, 2.24) is 4.90 Å². The normalized spacial score (nSPS) is 15.0.